The molecule has 8 N–H and O–H groups in total. The van der Waals surface area contributed by atoms with Crippen molar-refractivity contribution in [3.63, 3.8) is 0 Å². The first-order valence-electron chi connectivity index (χ1n) is 16.8. The zero-order valence-electron chi connectivity index (χ0n) is 31.1. The predicted molar refractivity (Wildman–Crippen MR) is 196 cm³/mol. The lowest BCUT2D eigenvalue weighted by Gasteiger charge is -2.24. The minimum absolute atomic E-state index is 0.0160. The van der Waals surface area contributed by atoms with E-state index in [0.29, 0.717) is 11.1 Å². The number of benzene rings is 2. The summed E-state index contributed by atoms with van der Waals surface area (Å²) in [6, 6.07) is 9.66. The highest BCUT2D eigenvalue weighted by molar-refractivity contribution is 7.90. The van der Waals surface area contributed by atoms with Crippen LogP contribution in [-0.4, -0.2) is 92.7 Å². The topological polar surface area (TPSA) is 257 Å². The summed E-state index contributed by atoms with van der Waals surface area (Å²) in [7, 11) is -4.05. The van der Waals surface area contributed by atoms with Gasteiger partial charge >= 0.3 is 12.1 Å². The molecule has 0 heterocycles. The van der Waals surface area contributed by atoms with E-state index in [-0.39, 0.29) is 36.8 Å². The Labute approximate surface area is 309 Å². The summed E-state index contributed by atoms with van der Waals surface area (Å²) in [6.07, 6.45) is -2.23. The number of nitrogens with one attached hydrogen (secondary N) is 5. The van der Waals surface area contributed by atoms with E-state index in [1.165, 1.54) is 6.92 Å². The number of nitrogens with two attached hydrogens (primary N) is 1. The molecular weight excluding hydrogens is 710 g/mol. The number of aliphatic imine (C=N–C) groups is 1. The van der Waals surface area contributed by atoms with E-state index in [1.54, 1.807) is 71.0 Å². The predicted octanol–water partition coefficient (Wildman–Crippen LogP) is 0.720. The average molecular weight is 762 g/mol. The molecule has 4 amide bonds. The highest BCUT2D eigenvalue weighted by atomic mass is 32.2. The Morgan fingerprint density at radius 2 is 1.53 bits per heavy atom. The first-order chi connectivity index (χ1) is 24.7. The number of nitrogens with zero attached hydrogens (tertiary/aromatic N) is 1. The number of aliphatic hydroxyl groups excluding tert-OH is 1. The highest BCUT2D eigenvalue weighted by Crippen LogP contribution is 2.21. The van der Waals surface area contributed by atoms with Crippen LogP contribution in [-0.2, 0) is 45.3 Å². The molecule has 0 saturated heterocycles. The first kappa shape index (κ1) is 43.9. The van der Waals surface area contributed by atoms with Crippen molar-refractivity contribution < 1.29 is 47.0 Å². The van der Waals surface area contributed by atoms with Gasteiger partial charge in [0.2, 0.25) is 23.7 Å². The van der Waals surface area contributed by atoms with Crippen molar-refractivity contribution >= 4 is 45.8 Å². The number of alkyl carbamates (subject to hydrolysis) is 1. The van der Waals surface area contributed by atoms with Crippen molar-refractivity contribution in [2.24, 2.45) is 10.7 Å². The largest absolute Gasteiger partial charge is 0.460 e. The molecule has 0 spiro atoms. The number of guanidine groups is 1. The first-order valence-corrected chi connectivity index (χ1v) is 18.3. The number of amides is 4. The van der Waals surface area contributed by atoms with E-state index in [0.717, 1.165) is 11.1 Å². The van der Waals surface area contributed by atoms with Gasteiger partial charge in [-0.2, -0.15) is 0 Å². The maximum Gasteiger partial charge on any atom is 0.408 e. The number of aliphatic hydroxyl groups is 1. The Morgan fingerprint density at radius 3 is 2.11 bits per heavy atom. The number of sulfonamides is 1. The van der Waals surface area contributed by atoms with Crippen LogP contribution in [0, 0.1) is 20.8 Å². The Bertz CT molecular complexity index is 1720. The third-order valence-corrected chi connectivity index (χ3v) is 8.87. The minimum atomic E-state index is -4.05. The number of carbonyl (C=O) groups is 5. The maximum absolute atomic E-state index is 13.1. The van der Waals surface area contributed by atoms with Crippen LogP contribution < -0.4 is 31.7 Å². The quantitative estimate of drug-likeness (QED) is 0.0512. The molecule has 0 aliphatic heterocycles. The number of hydrogen-bond acceptors (Lipinski definition) is 11. The van der Waals surface area contributed by atoms with Crippen molar-refractivity contribution in [1.82, 2.24) is 26.0 Å². The van der Waals surface area contributed by atoms with Crippen LogP contribution in [0.25, 0.3) is 0 Å². The van der Waals surface area contributed by atoms with Crippen molar-refractivity contribution in [3.8, 4) is 0 Å². The summed E-state index contributed by atoms with van der Waals surface area (Å²) in [6.45, 7) is 10.1. The van der Waals surface area contributed by atoms with Gasteiger partial charge in [-0.05, 0) is 78.0 Å². The minimum Gasteiger partial charge on any atom is -0.460 e. The molecule has 2 aromatic carbocycles. The zero-order chi connectivity index (χ0) is 39.9. The van der Waals surface area contributed by atoms with Gasteiger partial charge in [-0.1, -0.05) is 48.0 Å². The SMILES string of the molecule is Cc1cc(C)c(S(=O)(=O)NC(N)=NCCC[C@H](NC(=O)CNC(=O)[C@@H](NC(=O)OC(C)(C)C)[C@@H](C)O)C(=O)NCC(=O)OCc2ccccc2)c(C)c1. The summed E-state index contributed by atoms with van der Waals surface area (Å²) in [5.41, 5.74) is 7.72. The molecule has 2 rings (SSSR count). The summed E-state index contributed by atoms with van der Waals surface area (Å²) < 4.78 is 38.6. The van der Waals surface area contributed by atoms with Gasteiger partial charge in [0.15, 0.2) is 0 Å². The van der Waals surface area contributed by atoms with E-state index in [2.05, 4.69) is 31.0 Å². The van der Waals surface area contributed by atoms with Crippen LogP contribution in [0.3, 0.4) is 0 Å². The summed E-state index contributed by atoms with van der Waals surface area (Å²) >= 11 is 0. The fourth-order valence-corrected chi connectivity index (χ4v) is 6.42. The molecule has 3 atom stereocenters. The van der Waals surface area contributed by atoms with E-state index in [1.807, 2.05) is 13.0 Å². The normalized spacial score (nSPS) is 13.5. The monoisotopic (exact) mass is 761 g/mol. The highest BCUT2D eigenvalue weighted by Gasteiger charge is 2.29. The number of hydrogen-bond donors (Lipinski definition) is 7. The lowest BCUT2D eigenvalue weighted by atomic mass is 10.1. The molecule has 0 aliphatic carbocycles. The van der Waals surface area contributed by atoms with Crippen molar-refractivity contribution in [3.05, 3.63) is 64.7 Å². The fraction of sp³-hybridized carbons (Fsp3) is 0.486. The molecular formula is C35H51N7O10S. The summed E-state index contributed by atoms with van der Waals surface area (Å²) in [5.74, 6) is -3.58. The van der Waals surface area contributed by atoms with E-state index < -0.39 is 76.7 Å². The molecule has 18 heteroatoms. The van der Waals surface area contributed by atoms with Crippen LogP contribution in [0.1, 0.15) is 62.8 Å². The third-order valence-electron chi connectivity index (χ3n) is 7.21. The third kappa shape index (κ3) is 15.9. The van der Waals surface area contributed by atoms with Crippen LogP contribution in [0.15, 0.2) is 52.4 Å². The Morgan fingerprint density at radius 1 is 0.925 bits per heavy atom. The van der Waals surface area contributed by atoms with Crippen molar-refractivity contribution in [2.75, 3.05) is 19.6 Å². The second-order valence-electron chi connectivity index (χ2n) is 13.3. The Kier molecular flexibility index (Phi) is 16.7. The zero-order valence-corrected chi connectivity index (χ0v) is 31.9. The summed E-state index contributed by atoms with van der Waals surface area (Å²) in [5, 5.41) is 19.5. The van der Waals surface area contributed by atoms with Crippen LogP contribution in [0.4, 0.5) is 4.79 Å². The van der Waals surface area contributed by atoms with Crippen molar-refractivity contribution in [1.29, 1.82) is 0 Å². The second-order valence-corrected chi connectivity index (χ2v) is 14.9. The van der Waals surface area contributed by atoms with E-state index >= 15 is 0 Å². The average Bonchev–Trinajstić information content (AvgIpc) is 3.04. The maximum atomic E-state index is 13.1. The van der Waals surface area contributed by atoms with Gasteiger partial charge in [0.25, 0.3) is 10.0 Å². The molecule has 0 radical (unpaired) electrons. The van der Waals surface area contributed by atoms with Gasteiger partial charge in [0, 0.05) is 6.54 Å². The van der Waals surface area contributed by atoms with Crippen LogP contribution in [0.2, 0.25) is 0 Å². The Hall–Kier alpha value is -5.23. The molecule has 53 heavy (non-hydrogen) atoms. The smallest absolute Gasteiger partial charge is 0.408 e. The van der Waals surface area contributed by atoms with Gasteiger partial charge in [-0.3, -0.25) is 24.2 Å². The standard InChI is InChI=1S/C35H51N7O10S/c1-21-16-22(2)30(23(3)17-21)53(49,50)42-33(36)37-15-11-14-26(31(46)39-19-28(45)51-20-25-12-9-8-10-13-25)40-27(44)18-38-32(47)29(24(4)43)41-34(48)52-35(5,6)7/h8-10,12-13,16-17,24,26,29,43H,11,14-15,18-20H2,1-7H3,(H,38,47)(H,39,46)(H,40,44)(H,41,48)(H3,36,37,42)/t24-,26+,29+/m1/s1. The lowest BCUT2D eigenvalue weighted by Crippen LogP contribution is -2.55. The molecule has 0 bridgehead atoms. The second kappa shape index (κ2) is 20.1. The van der Waals surface area contributed by atoms with Gasteiger partial charge < -0.3 is 41.6 Å². The molecule has 292 valence electrons. The molecule has 17 nitrogen and oxygen atoms in total. The number of carbonyl (C=O) groups excluding carboxylic acids is 5. The number of ether oxygens (including phenoxy) is 2. The van der Waals surface area contributed by atoms with Gasteiger partial charge in [-0.15, -0.1) is 0 Å². The van der Waals surface area contributed by atoms with Crippen LogP contribution >= 0.6 is 0 Å². The van der Waals surface area contributed by atoms with Gasteiger partial charge in [0.05, 0.1) is 17.5 Å². The van der Waals surface area contributed by atoms with Gasteiger partial charge in [0.1, 0.15) is 30.8 Å². The number of rotatable bonds is 17. The summed E-state index contributed by atoms with van der Waals surface area (Å²) in [4.78, 5) is 67.3. The van der Waals surface area contributed by atoms with Crippen molar-refractivity contribution in [2.45, 2.75) is 96.6 Å². The fourth-order valence-electron chi connectivity index (χ4n) is 5.01. The molecule has 0 unspecified atom stereocenters. The van der Waals surface area contributed by atoms with E-state index in [9.17, 15) is 37.5 Å². The Balaban J connectivity index is 2.06. The molecule has 0 aliphatic rings. The molecule has 2 aromatic rings. The van der Waals surface area contributed by atoms with Crippen LogP contribution in [0.5, 0.6) is 0 Å². The number of esters is 1. The lowest BCUT2D eigenvalue weighted by molar-refractivity contribution is -0.145. The molecule has 0 saturated carbocycles. The molecule has 0 aromatic heterocycles. The molecule has 0 fully saturated rings. The van der Waals surface area contributed by atoms with Gasteiger partial charge in [-0.25, -0.2) is 17.9 Å². The number of aryl methyl sites for hydroxylation is 3. The van der Waals surface area contributed by atoms with E-state index in [4.69, 9.17) is 15.2 Å².